The fourth-order valence-corrected chi connectivity index (χ4v) is 4.17. The van der Waals surface area contributed by atoms with Crippen molar-refractivity contribution in [2.45, 2.75) is 31.2 Å². The summed E-state index contributed by atoms with van der Waals surface area (Å²) in [5.74, 6) is 0.368. The molecule has 2 unspecified atom stereocenters. The van der Waals surface area contributed by atoms with Gasteiger partial charge in [0.2, 0.25) is 0 Å². The van der Waals surface area contributed by atoms with Crippen LogP contribution < -0.4 is 5.73 Å². The average Bonchev–Trinajstić information content (AvgIpc) is 2.95. The molecule has 2 aromatic heterocycles. The molecule has 2 N–H and O–H groups in total. The molecule has 0 amide bonds. The standard InChI is InChI=1S/C13H16ClN3S/c1-17-13(10(14)7-16-17)12(15)9-3-2-4-11-8(9)5-6-18-11/h5-7,9,12H,2-4,15H2,1H3. The molecular weight excluding hydrogens is 266 g/mol. The first kappa shape index (κ1) is 12.2. The van der Waals surface area contributed by atoms with Gasteiger partial charge < -0.3 is 5.73 Å². The van der Waals surface area contributed by atoms with Crippen molar-refractivity contribution in [1.82, 2.24) is 9.78 Å². The Morgan fingerprint density at radius 1 is 1.61 bits per heavy atom. The van der Waals surface area contributed by atoms with E-state index in [1.54, 1.807) is 10.9 Å². The van der Waals surface area contributed by atoms with Crippen LogP contribution in [0.1, 0.15) is 40.9 Å². The predicted octanol–water partition coefficient (Wildman–Crippen LogP) is 3.25. The van der Waals surface area contributed by atoms with Crippen molar-refractivity contribution < 1.29 is 0 Å². The Morgan fingerprint density at radius 3 is 3.17 bits per heavy atom. The maximum atomic E-state index is 6.45. The number of hydrogen-bond acceptors (Lipinski definition) is 3. The molecule has 0 radical (unpaired) electrons. The summed E-state index contributed by atoms with van der Waals surface area (Å²) in [7, 11) is 1.90. The molecule has 2 atom stereocenters. The van der Waals surface area contributed by atoms with Gasteiger partial charge in [-0.1, -0.05) is 11.6 Å². The highest BCUT2D eigenvalue weighted by atomic mass is 35.5. The maximum Gasteiger partial charge on any atom is 0.0834 e. The molecule has 18 heavy (non-hydrogen) atoms. The van der Waals surface area contributed by atoms with Gasteiger partial charge in [0.1, 0.15) is 0 Å². The minimum atomic E-state index is -0.0707. The van der Waals surface area contributed by atoms with Crippen molar-refractivity contribution in [3.05, 3.63) is 38.8 Å². The molecule has 2 aromatic rings. The molecule has 1 aliphatic rings. The fourth-order valence-electron chi connectivity index (χ4n) is 2.88. The van der Waals surface area contributed by atoms with E-state index in [1.807, 2.05) is 18.4 Å². The second kappa shape index (κ2) is 4.68. The van der Waals surface area contributed by atoms with Gasteiger partial charge in [-0.3, -0.25) is 4.68 Å². The van der Waals surface area contributed by atoms with Gasteiger partial charge in [0, 0.05) is 17.8 Å². The van der Waals surface area contributed by atoms with E-state index in [4.69, 9.17) is 17.3 Å². The molecule has 3 rings (SSSR count). The van der Waals surface area contributed by atoms with E-state index in [-0.39, 0.29) is 6.04 Å². The Kier molecular flexibility index (Phi) is 3.18. The minimum Gasteiger partial charge on any atom is -0.322 e. The van der Waals surface area contributed by atoms with Crippen LogP contribution in [0.3, 0.4) is 0 Å². The van der Waals surface area contributed by atoms with Crippen molar-refractivity contribution in [1.29, 1.82) is 0 Å². The largest absolute Gasteiger partial charge is 0.322 e. The molecule has 0 aliphatic heterocycles. The van der Waals surface area contributed by atoms with E-state index in [0.29, 0.717) is 10.9 Å². The summed E-state index contributed by atoms with van der Waals surface area (Å²) in [4.78, 5) is 1.49. The lowest BCUT2D eigenvalue weighted by molar-refractivity contribution is 0.457. The van der Waals surface area contributed by atoms with Crippen molar-refractivity contribution in [2.24, 2.45) is 12.8 Å². The van der Waals surface area contributed by atoms with Crippen LogP contribution in [-0.4, -0.2) is 9.78 Å². The average molecular weight is 282 g/mol. The SMILES string of the molecule is Cn1ncc(Cl)c1C(N)C1CCCc2sccc21. The number of aromatic nitrogens is 2. The van der Waals surface area contributed by atoms with Gasteiger partial charge >= 0.3 is 0 Å². The Labute approximate surface area is 116 Å². The van der Waals surface area contributed by atoms with Crippen molar-refractivity contribution in [3.8, 4) is 0 Å². The Hall–Kier alpha value is -0.840. The number of fused-ring (bicyclic) bond motifs is 1. The number of thiophene rings is 1. The quantitative estimate of drug-likeness (QED) is 0.918. The number of aryl methyl sites for hydroxylation is 2. The number of nitrogens with two attached hydrogens (primary N) is 1. The van der Waals surface area contributed by atoms with Crippen LogP contribution in [0.5, 0.6) is 0 Å². The van der Waals surface area contributed by atoms with E-state index in [0.717, 1.165) is 12.1 Å². The summed E-state index contributed by atoms with van der Waals surface area (Å²) in [6, 6.07) is 2.15. The second-order valence-electron chi connectivity index (χ2n) is 4.82. The van der Waals surface area contributed by atoms with Gasteiger partial charge in [-0.15, -0.1) is 11.3 Å². The van der Waals surface area contributed by atoms with E-state index in [9.17, 15) is 0 Å². The molecule has 96 valence electrons. The third kappa shape index (κ3) is 1.88. The molecule has 1 aliphatic carbocycles. The van der Waals surface area contributed by atoms with Crippen LogP contribution in [-0.2, 0) is 13.5 Å². The first-order valence-electron chi connectivity index (χ1n) is 6.17. The van der Waals surface area contributed by atoms with Gasteiger partial charge in [-0.25, -0.2) is 0 Å². The molecular formula is C13H16ClN3S. The second-order valence-corrected chi connectivity index (χ2v) is 6.23. The third-order valence-corrected chi connectivity index (χ3v) is 5.07. The molecule has 0 saturated heterocycles. The highest BCUT2D eigenvalue weighted by Crippen LogP contribution is 2.42. The molecule has 0 saturated carbocycles. The Morgan fingerprint density at radius 2 is 2.44 bits per heavy atom. The number of rotatable bonds is 2. The fraction of sp³-hybridized carbons (Fsp3) is 0.462. The van der Waals surface area contributed by atoms with E-state index in [1.165, 1.54) is 23.3 Å². The van der Waals surface area contributed by atoms with E-state index < -0.39 is 0 Å². The van der Waals surface area contributed by atoms with E-state index >= 15 is 0 Å². The lowest BCUT2D eigenvalue weighted by atomic mass is 9.81. The van der Waals surface area contributed by atoms with Gasteiger partial charge in [0.25, 0.3) is 0 Å². The van der Waals surface area contributed by atoms with Crippen LogP contribution in [0.15, 0.2) is 17.6 Å². The normalized spacial score (nSPS) is 20.7. The number of hydrogen-bond donors (Lipinski definition) is 1. The van der Waals surface area contributed by atoms with Crippen molar-refractivity contribution >= 4 is 22.9 Å². The monoisotopic (exact) mass is 281 g/mol. The molecule has 0 bridgehead atoms. The molecule has 0 spiro atoms. The number of halogens is 1. The van der Waals surface area contributed by atoms with E-state index in [2.05, 4.69) is 16.5 Å². The third-order valence-electron chi connectivity index (χ3n) is 3.79. The lowest BCUT2D eigenvalue weighted by Gasteiger charge is -2.28. The molecule has 2 heterocycles. The Balaban J connectivity index is 1.98. The highest BCUT2D eigenvalue weighted by Gasteiger charge is 2.30. The maximum absolute atomic E-state index is 6.45. The van der Waals surface area contributed by atoms with Crippen molar-refractivity contribution in [3.63, 3.8) is 0 Å². The summed E-state index contributed by atoms with van der Waals surface area (Å²) in [6.45, 7) is 0. The first-order chi connectivity index (χ1) is 8.68. The smallest absolute Gasteiger partial charge is 0.0834 e. The topological polar surface area (TPSA) is 43.8 Å². The summed E-state index contributed by atoms with van der Waals surface area (Å²) >= 11 is 8.04. The molecule has 5 heteroatoms. The van der Waals surface area contributed by atoms with Gasteiger partial charge in [0.15, 0.2) is 0 Å². The van der Waals surface area contributed by atoms with Crippen LogP contribution in [0, 0.1) is 0 Å². The zero-order valence-electron chi connectivity index (χ0n) is 10.3. The van der Waals surface area contributed by atoms with Crippen LogP contribution in [0.4, 0.5) is 0 Å². The Bertz CT molecular complexity index is 541. The summed E-state index contributed by atoms with van der Waals surface area (Å²) < 4.78 is 1.80. The lowest BCUT2D eigenvalue weighted by Crippen LogP contribution is -2.25. The summed E-state index contributed by atoms with van der Waals surface area (Å²) in [6.07, 6.45) is 5.21. The zero-order chi connectivity index (χ0) is 12.7. The van der Waals surface area contributed by atoms with Crippen LogP contribution in [0.25, 0.3) is 0 Å². The zero-order valence-corrected chi connectivity index (χ0v) is 11.8. The molecule has 0 fully saturated rings. The highest BCUT2D eigenvalue weighted by molar-refractivity contribution is 7.10. The first-order valence-corrected chi connectivity index (χ1v) is 7.43. The molecule has 0 aromatic carbocycles. The van der Waals surface area contributed by atoms with Gasteiger partial charge in [0.05, 0.1) is 23.0 Å². The summed E-state index contributed by atoms with van der Waals surface area (Å²) in [5, 5.41) is 7.02. The molecule has 3 nitrogen and oxygen atoms in total. The minimum absolute atomic E-state index is 0.0707. The summed E-state index contributed by atoms with van der Waals surface area (Å²) in [5.41, 5.74) is 8.81. The van der Waals surface area contributed by atoms with Crippen LogP contribution >= 0.6 is 22.9 Å². The predicted molar refractivity (Wildman–Crippen MR) is 75.1 cm³/mol. The number of nitrogens with zero attached hydrogens (tertiary/aromatic N) is 2. The van der Waals surface area contributed by atoms with Gasteiger partial charge in [-0.05, 0) is 36.3 Å². The van der Waals surface area contributed by atoms with Gasteiger partial charge in [-0.2, -0.15) is 5.10 Å². The van der Waals surface area contributed by atoms with Crippen molar-refractivity contribution in [2.75, 3.05) is 0 Å². The van der Waals surface area contributed by atoms with Crippen LogP contribution in [0.2, 0.25) is 5.02 Å².